The van der Waals surface area contributed by atoms with Gasteiger partial charge in [0.15, 0.2) is 0 Å². The lowest BCUT2D eigenvalue weighted by molar-refractivity contribution is 1.58. The molecule has 0 heterocycles. The van der Waals surface area contributed by atoms with Crippen molar-refractivity contribution in [3.05, 3.63) is 193 Å². The molecule has 9 rings (SSSR count). The van der Waals surface area contributed by atoms with Crippen LogP contribution in [-0.2, 0) is 0 Å². The molecule has 0 heteroatoms. The summed E-state index contributed by atoms with van der Waals surface area (Å²) in [5.74, 6) is 0. The third-order valence-electron chi connectivity index (χ3n) is 7.31. The van der Waals surface area contributed by atoms with E-state index in [0.717, 1.165) is 0 Å². The molecule has 0 spiro atoms. The Balaban J connectivity index is 1.73. The van der Waals surface area contributed by atoms with Crippen molar-refractivity contribution in [2.24, 2.45) is 0 Å². The summed E-state index contributed by atoms with van der Waals surface area (Å²) < 4.78 is 290. The molecule has 0 nitrogen and oxygen atoms in total. The van der Waals surface area contributed by atoms with Gasteiger partial charge in [0, 0.05) is 0 Å². The molecule has 0 aliphatic heterocycles. The molecule has 9 aromatic rings. The Labute approximate surface area is 326 Å². The largest absolute Gasteiger partial charge is 0.0636 e. The highest BCUT2D eigenvalue weighted by Crippen LogP contribution is 2.46. The van der Waals surface area contributed by atoms with Gasteiger partial charge >= 0.3 is 0 Å². The summed E-state index contributed by atoms with van der Waals surface area (Å²) in [6, 6.07) is -34.6. The number of hydrogen-bond acceptors (Lipinski definition) is 0. The van der Waals surface area contributed by atoms with Crippen LogP contribution in [0.3, 0.4) is 0 Å². The van der Waals surface area contributed by atoms with Gasteiger partial charge in [-0.15, -0.1) is 0 Å². The second-order valence-corrected chi connectivity index (χ2v) is 10.0. The topological polar surface area (TPSA) is 0 Å². The van der Waals surface area contributed by atoms with Gasteiger partial charge in [-0.05, 0) is 112 Å². The van der Waals surface area contributed by atoms with Crippen LogP contribution in [0.5, 0.6) is 0 Å². The smallest absolute Gasteiger partial charge is 0.0622 e. The predicted octanol–water partition coefficient (Wildman–Crippen LogP) is 13.5. The van der Waals surface area contributed by atoms with Gasteiger partial charge in [0.2, 0.25) is 0 Å². The molecule has 0 atom stereocenters. The summed E-state index contributed by atoms with van der Waals surface area (Å²) in [4.78, 5) is 0. The molecule has 0 saturated carbocycles. The predicted molar refractivity (Wildman–Crippen MR) is 206 cm³/mol. The molecular formula is C48H32. The van der Waals surface area contributed by atoms with Gasteiger partial charge in [-0.2, -0.15) is 0 Å². The Bertz CT molecular complexity index is 4240. The highest BCUT2D eigenvalue weighted by atomic mass is 14.2. The maximum atomic E-state index is 10.2. The van der Waals surface area contributed by atoms with E-state index in [-0.39, 0.29) is 0 Å². The van der Waals surface area contributed by atoms with E-state index >= 15 is 0 Å². The number of benzene rings is 9. The van der Waals surface area contributed by atoms with Crippen molar-refractivity contribution in [1.29, 1.82) is 0 Å². The second-order valence-electron chi connectivity index (χ2n) is 10.0. The molecule has 0 unspecified atom stereocenters. The van der Waals surface area contributed by atoms with E-state index < -0.39 is 281 Å². The van der Waals surface area contributed by atoms with Crippen LogP contribution >= 0.6 is 0 Å². The highest BCUT2D eigenvalue weighted by molar-refractivity contribution is 6.22. The summed E-state index contributed by atoms with van der Waals surface area (Å²) in [6.45, 7) is 0. The van der Waals surface area contributed by atoms with E-state index in [1.54, 1.807) is 0 Å². The van der Waals surface area contributed by atoms with Crippen LogP contribution in [0.25, 0.3) is 88.0 Å². The van der Waals surface area contributed by atoms with Crippen LogP contribution < -0.4 is 0 Å². The fourth-order valence-electron chi connectivity index (χ4n) is 5.31. The van der Waals surface area contributed by atoms with Crippen molar-refractivity contribution < 1.29 is 43.9 Å². The zero-order valence-electron chi connectivity index (χ0n) is 56.0. The van der Waals surface area contributed by atoms with Gasteiger partial charge in [0.25, 0.3) is 0 Å². The minimum Gasteiger partial charge on any atom is -0.0622 e. The Hall–Kier alpha value is -6.24. The minimum atomic E-state index is -1.25. The average Bonchev–Trinajstić information content (AvgIpc) is 3.54. The monoisotopic (exact) mass is 640 g/mol. The standard InChI is InChI=1S/C48H32/c1-4-15-33(16-5-1)38-29-39(34-17-6-2-7-18-34)31-40(30-38)48-44-25-13-12-24-43(44)47(36-20-8-3-9-21-36)46-32-37(27-28-45(46)48)42-26-14-22-35-19-10-11-23-41(35)42/h1-32H/i1D,2D,3D,4D,5D,6D,7D,8D,9D,10D,11D,12D,13D,14D,15D,16D,17D,18D,19D,20D,21D,22D,23D,24D,25D,26D,27D,28D,29D,30D,31D,32D. The van der Waals surface area contributed by atoms with Crippen LogP contribution in [-0.4, -0.2) is 0 Å². The molecule has 0 aromatic heterocycles. The summed E-state index contributed by atoms with van der Waals surface area (Å²) in [5, 5.41) is -5.25. The van der Waals surface area contributed by atoms with E-state index in [2.05, 4.69) is 0 Å². The van der Waals surface area contributed by atoms with E-state index in [1.807, 2.05) is 0 Å². The van der Waals surface area contributed by atoms with Crippen molar-refractivity contribution >= 4 is 32.3 Å². The van der Waals surface area contributed by atoms with Crippen LogP contribution in [0.4, 0.5) is 0 Å². The first-order valence-corrected chi connectivity index (χ1v) is 14.0. The van der Waals surface area contributed by atoms with Crippen molar-refractivity contribution in [2.45, 2.75) is 0 Å². The maximum Gasteiger partial charge on any atom is 0.0636 e. The molecule has 48 heavy (non-hydrogen) atoms. The van der Waals surface area contributed by atoms with Gasteiger partial charge in [-0.3, -0.25) is 0 Å². The summed E-state index contributed by atoms with van der Waals surface area (Å²) in [7, 11) is 0. The van der Waals surface area contributed by atoms with Crippen LogP contribution in [0.1, 0.15) is 43.9 Å². The number of fused-ring (bicyclic) bond motifs is 3. The minimum absolute atomic E-state index is 0.704. The van der Waals surface area contributed by atoms with Gasteiger partial charge in [0.1, 0.15) is 0 Å². The molecule has 0 amide bonds. The molecule has 0 fully saturated rings. The first-order valence-electron chi connectivity index (χ1n) is 30.0. The zero-order chi connectivity index (χ0) is 59.7. The molecule has 0 aliphatic rings. The first-order chi connectivity index (χ1) is 37.1. The third-order valence-corrected chi connectivity index (χ3v) is 7.31. The van der Waals surface area contributed by atoms with E-state index in [1.165, 1.54) is 0 Å². The van der Waals surface area contributed by atoms with E-state index in [0.29, 0.717) is 0 Å². The highest BCUT2D eigenvalue weighted by Gasteiger charge is 2.19. The molecule has 0 radical (unpaired) electrons. The van der Waals surface area contributed by atoms with E-state index in [9.17, 15) is 15.1 Å². The quantitative estimate of drug-likeness (QED) is 0.164. The molecule has 0 N–H and O–H groups in total. The third kappa shape index (κ3) is 4.87. The zero-order valence-corrected chi connectivity index (χ0v) is 24.0. The molecule has 0 saturated heterocycles. The van der Waals surface area contributed by atoms with Gasteiger partial charge in [0.05, 0.1) is 43.9 Å². The van der Waals surface area contributed by atoms with Crippen LogP contribution in [0.2, 0.25) is 0 Å². The normalized spacial score (nSPS) is 20.7. The fourth-order valence-corrected chi connectivity index (χ4v) is 5.31. The summed E-state index contributed by atoms with van der Waals surface area (Å²) in [6.07, 6.45) is 0. The Morgan fingerprint density at radius 2 is 0.708 bits per heavy atom. The number of rotatable bonds is 5. The molecule has 0 bridgehead atoms. The Morgan fingerprint density at radius 1 is 0.250 bits per heavy atom. The lowest BCUT2D eigenvalue weighted by atomic mass is 9.83. The number of hydrogen-bond donors (Lipinski definition) is 0. The Kier molecular flexibility index (Phi) is 2.56. The van der Waals surface area contributed by atoms with Gasteiger partial charge in [-0.1, -0.05) is 169 Å². The van der Waals surface area contributed by atoms with Crippen molar-refractivity contribution in [3.63, 3.8) is 0 Å². The fraction of sp³-hybridized carbons (Fsp3) is 0. The molecule has 224 valence electrons. The van der Waals surface area contributed by atoms with Gasteiger partial charge in [-0.25, -0.2) is 0 Å². The van der Waals surface area contributed by atoms with Crippen LogP contribution in [0.15, 0.2) is 193 Å². The van der Waals surface area contributed by atoms with Gasteiger partial charge < -0.3 is 0 Å². The first kappa shape index (κ1) is 10.4. The lowest BCUT2D eigenvalue weighted by Gasteiger charge is -2.20. The SMILES string of the molecule is [2H]c1c([2H])c([2H])c(-c2c([2H])c(-c3c([2H])c([2H])c([2H])c([2H])c3[2H])c([2H])c(-c3c4c([2H])c([2H])c([2H])c([2H])c4c(-c4c([2H])c([2H])c([2H])c([2H])c4[2H])c4c([2H])c(-c5c([2H])c([2H])c([2H])c6c([2H])c([2H])c([2H])c([2H])c56)c([2H])c([2H])c34)c2[2H])c([2H])c1[2H]. The molecule has 0 aliphatic carbocycles. The molecule has 9 aromatic carbocycles. The molecular weight excluding hydrogens is 577 g/mol. The summed E-state index contributed by atoms with van der Waals surface area (Å²) >= 11 is 0. The summed E-state index contributed by atoms with van der Waals surface area (Å²) in [5.41, 5.74) is -9.79. The Morgan fingerprint density at radius 3 is 1.33 bits per heavy atom. The van der Waals surface area contributed by atoms with E-state index in [4.69, 9.17) is 28.8 Å². The lowest BCUT2D eigenvalue weighted by Crippen LogP contribution is -1.93. The van der Waals surface area contributed by atoms with Crippen LogP contribution in [0, 0.1) is 0 Å². The second kappa shape index (κ2) is 11.8. The van der Waals surface area contributed by atoms with Crippen molar-refractivity contribution in [1.82, 2.24) is 0 Å². The average molecular weight is 641 g/mol. The van der Waals surface area contributed by atoms with Crippen molar-refractivity contribution in [3.8, 4) is 55.6 Å². The maximum absolute atomic E-state index is 10.2. The van der Waals surface area contributed by atoms with Crippen molar-refractivity contribution in [2.75, 3.05) is 0 Å².